The van der Waals surface area contributed by atoms with Crippen LogP contribution in [-0.4, -0.2) is 337 Å². The lowest BCUT2D eigenvalue weighted by molar-refractivity contribution is -0.414. The Morgan fingerprint density at radius 2 is 0.730 bits per heavy atom. The number of ether oxygens (including phenoxy) is 13. The molecule has 0 saturated carbocycles. The molecule has 7 heterocycles. The van der Waals surface area contributed by atoms with Gasteiger partial charge in [-0.15, -0.1) is 0 Å². The second kappa shape index (κ2) is 33.3. The van der Waals surface area contributed by atoms with Crippen molar-refractivity contribution >= 4 is 5.97 Å². The first kappa shape index (κ1) is 74.6. The van der Waals surface area contributed by atoms with Gasteiger partial charge in [0.05, 0.1) is 62.4 Å². The van der Waals surface area contributed by atoms with Crippen LogP contribution in [0, 0.1) is 5.92 Å². The predicted octanol–water partition coefficient (Wildman–Crippen LogP) is -7.11. The van der Waals surface area contributed by atoms with Crippen molar-refractivity contribution in [2.75, 3.05) is 13.2 Å². The largest absolute Gasteiger partial charge is 0.481 e. The number of aliphatic carboxylic acids is 1. The highest BCUT2D eigenvalue weighted by molar-refractivity contribution is 5.67. The Labute approximate surface area is 513 Å². The summed E-state index contributed by atoms with van der Waals surface area (Å²) in [5.74, 6) is -1.74. The van der Waals surface area contributed by atoms with Crippen LogP contribution in [-0.2, 0) is 66.4 Å². The molecule has 0 spiro atoms. The quantitative estimate of drug-likeness (QED) is 0.0340. The number of aliphatic hydroxyl groups is 18. The van der Waals surface area contributed by atoms with Crippen molar-refractivity contribution in [2.24, 2.45) is 5.92 Å². The summed E-state index contributed by atoms with van der Waals surface area (Å²) in [6, 6.07) is 0. The van der Waals surface area contributed by atoms with E-state index in [0.717, 1.165) is 0 Å². The lowest BCUT2D eigenvalue weighted by atomic mass is 9.83. The minimum atomic E-state index is -2.23. The molecule has 0 aromatic carbocycles. The van der Waals surface area contributed by atoms with Crippen LogP contribution in [0.25, 0.3) is 0 Å². The van der Waals surface area contributed by atoms with E-state index in [1.54, 1.807) is 0 Å². The number of hydrogen-bond acceptors (Lipinski definition) is 32. The van der Waals surface area contributed by atoms with Crippen molar-refractivity contribution in [2.45, 2.75) is 327 Å². The number of hydrogen-bond donors (Lipinski definition) is 19. The van der Waals surface area contributed by atoms with E-state index >= 15 is 0 Å². The highest BCUT2D eigenvalue weighted by atomic mass is 16.8. The average Bonchev–Trinajstić information content (AvgIpc) is 1.57. The van der Waals surface area contributed by atoms with Gasteiger partial charge in [-0.05, 0) is 59.8 Å². The normalized spacial score (nSPS) is 49.1. The fraction of sp³-hybridized carbons (Fsp3) is 0.982. The highest BCUT2D eigenvalue weighted by Crippen LogP contribution is 2.39. The Morgan fingerprint density at radius 3 is 1.21 bits per heavy atom. The molecule has 89 heavy (non-hydrogen) atoms. The van der Waals surface area contributed by atoms with Gasteiger partial charge in [0.15, 0.2) is 37.7 Å². The number of rotatable bonds is 27. The molecule has 33 heteroatoms. The van der Waals surface area contributed by atoms with Gasteiger partial charge in [-0.1, -0.05) is 45.4 Å². The summed E-state index contributed by atoms with van der Waals surface area (Å²) in [6.45, 7) is 7.07. The van der Waals surface area contributed by atoms with E-state index in [9.17, 15) is 102 Å². The maximum atomic E-state index is 12.5. The first-order chi connectivity index (χ1) is 42.0. The molecule has 7 fully saturated rings. The van der Waals surface area contributed by atoms with Gasteiger partial charge in [0, 0.05) is 0 Å². The summed E-state index contributed by atoms with van der Waals surface area (Å²) in [4.78, 5) is 11.8. The maximum absolute atomic E-state index is 12.5. The predicted molar refractivity (Wildman–Crippen MR) is 291 cm³/mol. The van der Waals surface area contributed by atoms with Crippen LogP contribution in [0.15, 0.2) is 0 Å². The fourth-order valence-corrected chi connectivity index (χ4v) is 12.5. The van der Waals surface area contributed by atoms with E-state index in [1.165, 1.54) is 34.6 Å². The average molecular weight is 1300 g/mol. The molecule has 7 aliphatic rings. The number of aliphatic hydroxyl groups excluding tert-OH is 18. The second-order valence-corrected chi connectivity index (χ2v) is 24.7. The summed E-state index contributed by atoms with van der Waals surface area (Å²) < 4.78 is 78.7. The topological polar surface area (TPSA) is 521 Å². The Bertz CT molecular complexity index is 2110. The third kappa shape index (κ3) is 17.5. The van der Waals surface area contributed by atoms with Gasteiger partial charge in [-0.2, -0.15) is 0 Å². The number of carboxylic acid groups (broad SMARTS) is 1. The molecule has 7 rings (SSSR count). The molecular formula is C56H98O33. The summed E-state index contributed by atoms with van der Waals surface area (Å²) in [5, 5.41) is 207. The maximum Gasteiger partial charge on any atom is 0.303 e. The standard InChI is InChI=1S/C56H98O33/c1-7-13-25(15-12-10-8-9-11-14-24(16-28(59)60)46-41(73)35(67)29(61)19(2)77-46)82-54-48(38(70)32(64)22(5)80-54)89-56-50(40(72)34(66)27(18-58)84-56)88-53-44(76)47(45(23(6)81-53)85-51-42(74)36(68)30(62)20(3)78-51)86-55-49(39(71)33(65)26(17-57)83-55)87-52-43(75)37(69)31(63)21(4)79-52/h19-27,29-58,61-76H,7-18H2,1-6H3,(H,59,60)/t19-,20-,21+,22-,23+,24-,25-,26+,27-,29-,30+,31+,32-,33+,34-,35+,36+,37-,38+,39-,40+,41-,42-,43+,44-,45+,46-,47+,48-,49+,50-,51+,52-,53+,54+,55-,56+/m1/s1. The third-order valence-electron chi connectivity index (χ3n) is 18.1. The first-order valence-corrected chi connectivity index (χ1v) is 30.9. The van der Waals surface area contributed by atoms with Gasteiger partial charge in [0.2, 0.25) is 0 Å². The number of unbranched alkanes of at least 4 members (excludes halogenated alkanes) is 4. The summed E-state index contributed by atoms with van der Waals surface area (Å²) in [7, 11) is 0. The van der Waals surface area contributed by atoms with E-state index in [0.29, 0.717) is 57.8 Å². The molecule has 0 amide bonds. The van der Waals surface area contributed by atoms with Gasteiger partial charge in [0.1, 0.15) is 140 Å². The van der Waals surface area contributed by atoms with Gasteiger partial charge < -0.3 is 159 Å². The van der Waals surface area contributed by atoms with Crippen LogP contribution < -0.4 is 0 Å². The molecule has 37 atom stereocenters. The molecule has 33 nitrogen and oxygen atoms in total. The van der Waals surface area contributed by atoms with Crippen molar-refractivity contribution in [3.05, 3.63) is 0 Å². The molecule has 0 bridgehead atoms. The molecule has 520 valence electrons. The summed E-state index contributed by atoms with van der Waals surface area (Å²) >= 11 is 0. The van der Waals surface area contributed by atoms with E-state index in [1.807, 2.05) is 6.92 Å². The second-order valence-electron chi connectivity index (χ2n) is 24.7. The molecule has 0 aliphatic carbocycles. The van der Waals surface area contributed by atoms with Crippen LogP contribution in [0.3, 0.4) is 0 Å². The van der Waals surface area contributed by atoms with Crippen LogP contribution >= 0.6 is 0 Å². The van der Waals surface area contributed by atoms with Gasteiger partial charge in [-0.3, -0.25) is 4.79 Å². The Morgan fingerprint density at radius 1 is 0.360 bits per heavy atom. The molecule has 0 unspecified atom stereocenters. The van der Waals surface area contributed by atoms with Crippen molar-refractivity contribution in [1.29, 1.82) is 0 Å². The summed E-state index contributed by atoms with van der Waals surface area (Å²) in [6.07, 6.45) is -54.9. The number of carbonyl (C=O) groups is 1. The minimum absolute atomic E-state index is 0.319. The van der Waals surface area contributed by atoms with Crippen LogP contribution in [0.5, 0.6) is 0 Å². The molecule has 19 N–H and O–H groups in total. The summed E-state index contributed by atoms with van der Waals surface area (Å²) in [5.41, 5.74) is 0. The van der Waals surface area contributed by atoms with Gasteiger partial charge in [0.25, 0.3) is 0 Å². The Balaban J connectivity index is 1.09. The minimum Gasteiger partial charge on any atom is -0.481 e. The zero-order chi connectivity index (χ0) is 65.6. The van der Waals surface area contributed by atoms with E-state index in [-0.39, 0.29) is 6.42 Å². The molecule has 0 radical (unpaired) electrons. The van der Waals surface area contributed by atoms with Crippen molar-refractivity contribution in [1.82, 2.24) is 0 Å². The highest BCUT2D eigenvalue weighted by Gasteiger charge is 2.59. The van der Waals surface area contributed by atoms with E-state index in [4.69, 9.17) is 61.6 Å². The zero-order valence-electron chi connectivity index (χ0n) is 50.6. The third-order valence-corrected chi connectivity index (χ3v) is 18.1. The number of carboxylic acids is 1. The van der Waals surface area contributed by atoms with Crippen molar-refractivity contribution in [3.63, 3.8) is 0 Å². The SMILES string of the molecule is CCC[C@H](CCCCCCC[C@H](CC(=O)O)[C@H]1O[C@H](C)[C@@H](O)[C@H](O)[C@H]1O)O[C@@H]1O[C@H](C)[C@@H](O)[C@H](O)[C@H]1O[C@@H]1O[C@H](CO)[C@@H](O)[C@H](O)[C@H]1O[C@@H]1O[C@@H](C)[C@H](O[C@@H]2O[C@H](C)[C@H](O)[C@H](O)[C@H]2O)[C@@H](O[C@H]2O[C@@H](CO)[C@H](O)[C@@H](O)[C@@H]2O[C@H]2O[C@@H](C)[C@H](O)[C@@H](O)[C@@H]2O)[C@H]1O. The van der Waals surface area contributed by atoms with Crippen LogP contribution in [0.1, 0.15) is 106 Å². The molecular weight excluding hydrogens is 1200 g/mol. The molecule has 0 aromatic heterocycles. The molecule has 7 saturated heterocycles. The first-order valence-electron chi connectivity index (χ1n) is 30.9. The zero-order valence-corrected chi connectivity index (χ0v) is 50.6. The van der Waals surface area contributed by atoms with Crippen LogP contribution in [0.2, 0.25) is 0 Å². The van der Waals surface area contributed by atoms with Gasteiger partial charge >= 0.3 is 5.97 Å². The fourth-order valence-electron chi connectivity index (χ4n) is 12.5. The van der Waals surface area contributed by atoms with Crippen molar-refractivity contribution < 1.29 is 163 Å². The lowest BCUT2D eigenvalue weighted by Crippen LogP contribution is -2.69. The Hall–Kier alpha value is -1.77. The Kier molecular flexibility index (Phi) is 27.9. The lowest BCUT2D eigenvalue weighted by Gasteiger charge is -2.51. The van der Waals surface area contributed by atoms with Gasteiger partial charge in [-0.25, -0.2) is 0 Å². The van der Waals surface area contributed by atoms with E-state index < -0.39 is 246 Å². The van der Waals surface area contributed by atoms with Crippen molar-refractivity contribution in [3.8, 4) is 0 Å². The smallest absolute Gasteiger partial charge is 0.303 e. The molecule has 7 aliphatic heterocycles. The van der Waals surface area contributed by atoms with Crippen LogP contribution in [0.4, 0.5) is 0 Å². The monoisotopic (exact) mass is 1300 g/mol. The molecule has 0 aromatic rings. The van der Waals surface area contributed by atoms with E-state index in [2.05, 4.69) is 0 Å².